The van der Waals surface area contributed by atoms with Gasteiger partial charge in [-0.2, -0.15) is 0 Å². The summed E-state index contributed by atoms with van der Waals surface area (Å²) in [6.45, 7) is 2.19. The van der Waals surface area contributed by atoms with Crippen LogP contribution in [0.1, 0.15) is 17.2 Å². The molecule has 0 saturated carbocycles. The maximum absolute atomic E-state index is 11.0. The van der Waals surface area contributed by atoms with Crippen LogP contribution in [0.3, 0.4) is 0 Å². The molecule has 0 heterocycles. The van der Waals surface area contributed by atoms with Crippen molar-refractivity contribution < 1.29 is 9.90 Å². The number of hydrogen-bond acceptors (Lipinski definition) is 2. The molecule has 78 valence electrons. The summed E-state index contributed by atoms with van der Waals surface area (Å²) < 4.78 is 0. The zero-order chi connectivity index (χ0) is 11.3. The van der Waals surface area contributed by atoms with E-state index in [0.717, 1.165) is 5.56 Å². The minimum absolute atomic E-state index is 0.241. The molecule has 1 aromatic rings. The number of aliphatic carboxylic acids is 1. The van der Waals surface area contributed by atoms with E-state index in [0.29, 0.717) is 5.56 Å². The van der Waals surface area contributed by atoms with Gasteiger partial charge >= 0.3 is 5.97 Å². The Kier molecular flexibility index (Phi) is 3.90. The van der Waals surface area contributed by atoms with Crippen LogP contribution in [0, 0.1) is 19.3 Å². The van der Waals surface area contributed by atoms with Crippen molar-refractivity contribution >= 4 is 5.97 Å². The Hall–Kier alpha value is -1.79. The van der Waals surface area contributed by atoms with E-state index in [1.165, 1.54) is 0 Å². The monoisotopic (exact) mass is 203 g/mol. The second kappa shape index (κ2) is 5.18. The largest absolute Gasteiger partial charge is 0.480 e. The van der Waals surface area contributed by atoms with Crippen LogP contribution in [0.5, 0.6) is 0 Å². The molecule has 0 aliphatic carbocycles. The number of terminal acetylenes is 1. The molecule has 0 spiro atoms. The minimum atomic E-state index is -0.922. The molecule has 2 N–H and O–H groups in total. The fourth-order valence-corrected chi connectivity index (χ4v) is 1.27. The van der Waals surface area contributed by atoms with Gasteiger partial charge in [-0.1, -0.05) is 35.7 Å². The molecule has 0 aliphatic rings. The Morgan fingerprint density at radius 1 is 1.53 bits per heavy atom. The van der Waals surface area contributed by atoms with Gasteiger partial charge in [0.2, 0.25) is 0 Å². The van der Waals surface area contributed by atoms with Crippen molar-refractivity contribution in [1.82, 2.24) is 5.32 Å². The molecule has 1 rings (SSSR count). The lowest BCUT2D eigenvalue weighted by molar-refractivity contribution is -0.139. The van der Waals surface area contributed by atoms with Gasteiger partial charge in [0.15, 0.2) is 0 Å². The summed E-state index contributed by atoms with van der Waals surface area (Å²) in [4.78, 5) is 11.0. The summed E-state index contributed by atoms with van der Waals surface area (Å²) in [5.41, 5.74) is 1.81. The molecule has 0 saturated heterocycles. The molecule has 15 heavy (non-hydrogen) atoms. The second-order valence-corrected chi connectivity index (χ2v) is 3.27. The summed E-state index contributed by atoms with van der Waals surface area (Å²) in [5, 5.41) is 11.8. The topological polar surface area (TPSA) is 49.3 Å². The summed E-state index contributed by atoms with van der Waals surface area (Å²) in [6, 6.07) is 6.60. The summed E-state index contributed by atoms with van der Waals surface area (Å²) in [5.74, 6) is 1.44. The molecule has 3 nitrogen and oxygen atoms in total. The number of carbonyl (C=O) groups is 1. The molecule has 0 radical (unpaired) electrons. The third-order valence-electron chi connectivity index (χ3n) is 2.07. The smallest absolute Gasteiger partial charge is 0.325 e. The zero-order valence-electron chi connectivity index (χ0n) is 8.53. The number of carboxylic acids is 1. The van der Waals surface area contributed by atoms with E-state index in [9.17, 15) is 4.79 Å². The maximum atomic E-state index is 11.0. The predicted molar refractivity (Wildman–Crippen MR) is 58.4 cm³/mol. The van der Waals surface area contributed by atoms with Gasteiger partial charge in [-0.25, -0.2) is 0 Å². The summed E-state index contributed by atoms with van der Waals surface area (Å²) in [6.07, 6.45) is 5.07. The van der Waals surface area contributed by atoms with Crippen molar-refractivity contribution in [3.8, 4) is 12.3 Å². The van der Waals surface area contributed by atoms with E-state index in [4.69, 9.17) is 11.5 Å². The van der Waals surface area contributed by atoms with Gasteiger partial charge in [0.05, 0.1) is 6.54 Å². The number of carboxylic acid groups (broad SMARTS) is 1. The predicted octanol–water partition coefficient (Wildman–Crippen LogP) is 1.34. The lowest BCUT2D eigenvalue weighted by Gasteiger charge is -2.12. The summed E-state index contributed by atoms with van der Waals surface area (Å²) >= 11 is 0. The van der Waals surface area contributed by atoms with Gasteiger partial charge in [-0.3, -0.25) is 10.1 Å². The molecule has 1 aromatic carbocycles. The Morgan fingerprint density at radius 2 is 2.13 bits per heavy atom. The van der Waals surface area contributed by atoms with E-state index in [2.05, 4.69) is 11.2 Å². The number of nitrogens with one attached hydrogen (secondary N) is 1. The van der Waals surface area contributed by atoms with Crippen LogP contribution < -0.4 is 5.32 Å². The Bertz CT molecular complexity index is 376. The van der Waals surface area contributed by atoms with Crippen LogP contribution in [0.25, 0.3) is 0 Å². The highest BCUT2D eigenvalue weighted by Crippen LogP contribution is 2.13. The zero-order valence-corrected chi connectivity index (χ0v) is 8.53. The van der Waals surface area contributed by atoms with Crippen molar-refractivity contribution in [3.05, 3.63) is 35.4 Å². The van der Waals surface area contributed by atoms with E-state index in [1.54, 1.807) is 12.1 Å². The van der Waals surface area contributed by atoms with Crippen molar-refractivity contribution in [2.75, 3.05) is 6.54 Å². The molecule has 0 amide bonds. The first kappa shape index (κ1) is 11.3. The highest BCUT2D eigenvalue weighted by molar-refractivity contribution is 5.75. The molecule has 0 aromatic heterocycles. The van der Waals surface area contributed by atoms with Crippen molar-refractivity contribution in [1.29, 1.82) is 0 Å². The summed E-state index contributed by atoms with van der Waals surface area (Å²) in [7, 11) is 0. The number of hydrogen-bond donors (Lipinski definition) is 2. The average molecular weight is 203 g/mol. The normalized spacial score (nSPS) is 11.7. The number of aryl methyl sites for hydroxylation is 1. The first-order valence-electron chi connectivity index (χ1n) is 4.61. The molecule has 0 aliphatic heterocycles. The van der Waals surface area contributed by atoms with Crippen LogP contribution >= 0.6 is 0 Å². The van der Waals surface area contributed by atoms with Gasteiger partial charge in [0.25, 0.3) is 0 Å². The van der Waals surface area contributed by atoms with Gasteiger partial charge in [-0.15, -0.1) is 6.42 Å². The lowest BCUT2D eigenvalue weighted by Crippen LogP contribution is -2.28. The highest BCUT2D eigenvalue weighted by Gasteiger charge is 2.17. The Morgan fingerprint density at radius 3 is 2.60 bits per heavy atom. The molecular formula is C12H13NO2. The van der Waals surface area contributed by atoms with Crippen LogP contribution in [-0.4, -0.2) is 17.6 Å². The van der Waals surface area contributed by atoms with Gasteiger partial charge in [-0.05, 0) is 12.5 Å². The van der Waals surface area contributed by atoms with Crippen molar-refractivity contribution in [3.63, 3.8) is 0 Å². The Labute approximate surface area is 89.1 Å². The first-order chi connectivity index (χ1) is 7.15. The van der Waals surface area contributed by atoms with Crippen LogP contribution in [0.4, 0.5) is 0 Å². The Balaban J connectivity index is 2.85. The highest BCUT2D eigenvalue weighted by atomic mass is 16.4. The van der Waals surface area contributed by atoms with Gasteiger partial charge < -0.3 is 5.11 Å². The van der Waals surface area contributed by atoms with Gasteiger partial charge in [0.1, 0.15) is 6.04 Å². The third kappa shape index (κ3) is 3.12. The van der Waals surface area contributed by atoms with E-state index in [-0.39, 0.29) is 6.54 Å². The average Bonchev–Trinajstić information content (AvgIpc) is 2.21. The first-order valence-corrected chi connectivity index (χ1v) is 4.61. The molecule has 3 heteroatoms. The van der Waals surface area contributed by atoms with Crippen LogP contribution in [-0.2, 0) is 4.79 Å². The second-order valence-electron chi connectivity index (χ2n) is 3.27. The number of benzene rings is 1. The van der Waals surface area contributed by atoms with Crippen LogP contribution in [0.15, 0.2) is 24.3 Å². The third-order valence-corrected chi connectivity index (χ3v) is 2.07. The number of rotatable bonds is 4. The van der Waals surface area contributed by atoms with Crippen molar-refractivity contribution in [2.24, 2.45) is 0 Å². The standard InChI is InChI=1S/C12H13NO2/c1-3-8-13-11(12(14)15)10-6-4-9(2)5-7-10/h1,4-7,11,13H,8H2,2H3,(H,14,15). The van der Waals surface area contributed by atoms with Crippen LogP contribution in [0.2, 0.25) is 0 Å². The SMILES string of the molecule is C#CCNC(C(=O)O)c1ccc(C)cc1. The molecule has 0 fully saturated rings. The van der Waals surface area contributed by atoms with Gasteiger partial charge in [0, 0.05) is 0 Å². The van der Waals surface area contributed by atoms with E-state index in [1.807, 2.05) is 19.1 Å². The van der Waals surface area contributed by atoms with Crippen molar-refractivity contribution in [2.45, 2.75) is 13.0 Å². The molecule has 0 bridgehead atoms. The lowest BCUT2D eigenvalue weighted by atomic mass is 10.1. The maximum Gasteiger partial charge on any atom is 0.325 e. The van der Waals surface area contributed by atoms with E-state index < -0.39 is 12.0 Å². The molecule has 1 unspecified atom stereocenters. The fraction of sp³-hybridized carbons (Fsp3) is 0.250. The molecular weight excluding hydrogens is 190 g/mol. The fourth-order valence-electron chi connectivity index (χ4n) is 1.27. The van der Waals surface area contributed by atoms with E-state index >= 15 is 0 Å². The minimum Gasteiger partial charge on any atom is -0.480 e. The quantitative estimate of drug-likeness (QED) is 0.726. The molecule has 1 atom stereocenters.